The minimum absolute atomic E-state index is 0.0590. The van der Waals surface area contributed by atoms with Gasteiger partial charge in [0.1, 0.15) is 0 Å². The van der Waals surface area contributed by atoms with Crippen molar-refractivity contribution in [2.75, 3.05) is 12.8 Å². The van der Waals surface area contributed by atoms with E-state index < -0.39 is 0 Å². The highest BCUT2D eigenvalue weighted by molar-refractivity contribution is 14.1. The van der Waals surface area contributed by atoms with E-state index in [1.807, 2.05) is 25.1 Å². The fourth-order valence-corrected chi connectivity index (χ4v) is 1.99. The molecule has 1 aromatic heterocycles. The average molecular weight is 359 g/mol. The quantitative estimate of drug-likeness (QED) is 0.671. The van der Waals surface area contributed by atoms with Gasteiger partial charge in [-0.25, -0.2) is 0 Å². The number of nitrogens with zero attached hydrogens (tertiary/aromatic N) is 2. The van der Waals surface area contributed by atoms with E-state index in [4.69, 9.17) is 15.0 Å². The fourth-order valence-electron chi connectivity index (χ4n) is 1.50. The molecule has 6 heteroatoms. The Morgan fingerprint density at radius 1 is 1.50 bits per heavy atom. The molecule has 1 unspecified atom stereocenters. The predicted molar refractivity (Wildman–Crippen MR) is 77.0 cm³/mol. The fraction of sp³-hybridized carbons (Fsp3) is 0.333. The van der Waals surface area contributed by atoms with Gasteiger partial charge >= 0.3 is 0 Å². The van der Waals surface area contributed by atoms with Gasteiger partial charge in [0, 0.05) is 22.8 Å². The number of nitrogen functional groups attached to an aromatic ring is 1. The molecular formula is C12H14IN3O2. The van der Waals surface area contributed by atoms with Crippen LogP contribution in [-0.4, -0.2) is 23.4 Å². The van der Waals surface area contributed by atoms with Gasteiger partial charge < -0.3 is 15.0 Å². The van der Waals surface area contributed by atoms with Crippen molar-refractivity contribution >= 4 is 28.3 Å². The van der Waals surface area contributed by atoms with Gasteiger partial charge in [-0.2, -0.15) is 4.98 Å². The summed E-state index contributed by atoms with van der Waals surface area (Å²) in [5.41, 5.74) is 7.30. The predicted octanol–water partition coefficient (Wildman–Crippen LogP) is 2.50. The molecule has 0 fully saturated rings. The van der Waals surface area contributed by atoms with E-state index in [1.54, 1.807) is 7.11 Å². The number of anilines is 1. The zero-order valence-electron chi connectivity index (χ0n) is 10.2. The van der Waals surface area contributed by atoms with Crippen LogP contribution in [0.5, 0.6) is 0 Å². The number of rotatable bonds is 4. The summed E-state index contributed by atoms with van der Waals surface area (Å²) >= 11 is 2.22. The molecule has 0 amide bonds. The number of benzene rings is 1. The summed E-state index contributed by atoms with van der Waals surface area (Å²) < 4.78 is 11.5. The first-order valence-electron chi connectivity index (χ1n) is 5.51. The van der Waals surface area contributed by atoms with Crippen molar-refractivity contribution in [1.29, 1.82) is 0 Å². The van der Waals surface area contributed by atoms with Gasteiger partial charge in [0.15, 0.2) is 5.82 Å². The summed E-state index contributed by atoms with van der Waals surface area (Å²) in [6.07, 6.45) is 0.674. The Labute approximate surface area is 119 Å². The highest BCUT2D eigenvalue weighted by Crippen LogP contribution is 2.26. The summed E-state index contributed by atoms with van der Waals surface area (Å²) in [7, 11) is 1.66. The Kier molecular flexibility index (Phi) is 4.18. The minimum atomic E-state index is 0.0590. The molecule has 1 atom stereocenters. The van der Waals surface area contributed by atoms with Crippen LogP contribution in [0.4, 0.5) is 5.69 Å². The summed E-state index contributed by atoms with van der Waals surface area (Å²) in [6, 6.07) is 5.69. The van der Waals surface area contributed by atoms with Crippen LogP contribution in [0.25, 0.3) is 11.5 Å². The maximum absolute atomic E-state index is 5.90. The van der Waals surface area contributed by atoms with E-state index in [9.17, 15) is 0 Å². The highest BCUT2D eigenvalue weighted by Gasteiger charge is 2.14. The zero-order valence-corrected chi connectivity index (χ0v) is 12.3. The van der Waals surface area contributed by atoms with Crippen LogP contribution in [0.2, 0.25) is 0 Å². The van der Waals surface area contributed by atoms with E-state index in [0.717, 1.165) is 9.13 Å². The molecule has 0 bridgehead atoms. The minimum Gasteiger partial charge on any atom is -0.398 e. The van der Waals surface area contributed by atoms with Crippen molar-refractivity contribution in [3.05, 3.63) is 27.6 Å². The number of nitrogens with two attached hydrogens (primary N) is 1. The highest BCUT2D eigenvalue weighted by atomic mass is 127. The van der Waals surface area contributed by atoms with Gasteiger partial charge in [0.2, 0.25) is 0 Å². The van der Waals surface area contributed by atoms with E-state index in [2.05, 4.69) is 32.7 Å². The first-order valence-corrected chi connectivity index (χ1v) is 6.59. The third-order valence-corrected chi connectivity index (χ3v) is 3.26. The molecule has 2 N–H and O–H groups in total. The lowest BCUT2D eigenvalue weighted by Gasteiger charge is -2.04. The second kappa shape index (κ2) is 5.66. The smallest absolute Gasteiger partial charge is 0.260 e. The Balaban J connectivity index is 2.26. The van der Waals surface area contributed by atoms with Crippen molar-refractivity contribution in [3.8, 4) is 11.5 Å². The van der Waals surface area contributed by atoms with Crippen molar-refractivity contribution < 1.29 is 9.26 Å². The molecule has 0 saturated heterocycles. The van der Waals surface area contributed by atoms with Gasteiger partial charge in [-0.1, -0.05) is 5.16 Å². The lowest BCUT2D eigenvalue weighted by molar-refractivity contribution is 0.116. The van der Waals surface area contributed by atoms with E-state index >= 15 is 0 Å². The molecular weight excluding hydrogens is 345 g/mol. The lowest BCUT2D eigenvalue weighted by atomic mass is 10.2. The standard InChI is InChI=1S/C12H14IN3O2/c1-7(17-2)5-11-15-12(18-16-11)9-6-8(13)3-4-10(9)14/h3-4,6-7H,5,14H2,1-2H3. The third kappa shape index (κ3) is 2.99. The zero-order chi connectivity index (χ0) is 13.1. The van der Waals surface area contributed by atoms with Gasteiger partial charge in [-0.15, -0.1) is 0 Å². The Morgan fingerprint density at radius 2 is 2.28 bits per heavy atom. The summed E-state index contributed by atoms with van der Waals surface area (Å²) in [4.78, 5) is 4.33. The van der Waals surface area contributed by atoms with Crippen molar-refractivity contribution in [3.63, 3.8) is 0 Å². The molecule has 1 aromatic carbocycles. The molecule has 0 aliphatic rings. The van der Waals surface area contributed by atoms with Crippen LogP contribution in [0.1, 0.15) is 12.7 Å². The number of hydrogen-bond donors (Lipinski definition) is 1. The molecule has 5 nitrogen and oxygen atoms in total. The van der Waals surface area contributed by atoms with E-state index in [-0.39, 0.29) is 6.10 Å². The number of ether oxygens (including phenoxy) is 1. The van der Waals surface area contributed by atoms with E-state index in [1.165, 1.54) is 0 Å². The summed E-state index contributed by atoms with van der Waals surface area (Å²) in [6.45, 7) is 1.95. The number of methoxy groups -OCH3 is 1. The van der Waals surface area contributed by atoms with Gasteiger partial charge in [0.05, 0.1) is 11.7 Å². The topological polar surface area (TPSA) is 74.2 Å². The molecule has 0 aliphatic carbocycles. The van der Waals surface area contributed by atoms with Crippen LogP contribution >= 0.6 is 22.6 Å². The van der Waals surface area contributed by atoms with Crippen LogP contribution < -0.4 is 5.73 Å². The van der Waals surface area contributed by atoms with Gasteiger partial charge in [0.25, 0.3) is 5.89 Å². The number of halogens is 1. The van der Waals surface area contributed by atoms with E-state index in [0.29, 0.717) is 23.8 Å². The Morgan fingerprint density at radius 3 is 3.00 bits per heavy atom. The molecule has 2 aromatic rings. The summed E-state index contributed by atoms with van der Waals surface area (Å²) in [5, 5.41) is 3.93. The number of aromatic nitrogens is 2. The number of hydrogen-bond acceptors (Lipinski definition) is 5. The second-order valence-electron chi connectivity index (χ2n) is 4.00. The van der Waals surface area contributed by atoms with Gasteiger partial charge in [-0.3, -0.25) is 0 Å². The van der Waals surface area contributed by atoms with Crippen LogP contribution in [0, 0.1) is 3.57 Å². The average Bonchev–Trinajstić information content (AvgIpc) is 2.80. The molecule has 0 saturated carbocycles. The maximum atomic E-state index is 5.90. The third-order valence-electron chi connectivity index (χ3n) is 2.59. The Bertz CT molecular complexity index is 542. The van der Waals surface area contributed by atoms with Gasteiger partial charge in [-0.05, 0) is 47.7 Å². The lowest BCUT2D eigenvalue weighted by Crippen LogP contribution is -2.09. The SMILES string of the molecule is COC(C)Cc1noc(-c2cc(I)ccc2N)n1. The summed E-state index contributed by atoms with van der Waals surface area (Å²) in [5.74, 6) is 1.07. The van der Waals surface area contributed by atoms with Crippen LogP contribution in [0.3, 0.4) is 0 Å². The second-order valence-corrected chi connectivity index (χ2v) is 5.24. The molecule has 96 valence electrons. The normalized spacial score (nSPS) is 12.6. The monoisotopic (exact) mass is 359 g/mol. The molecule has 0 spiro atoms. The van der Waals surface area contributed by atoms with Crippen molar-refractivity contribution in [1.82, 2.24) is 10.1 Å². The first kappa shape index (κ1) is 13.3. The molecule has 0 radical (unpaired) electrons. The molecule has 2 rings (SSSR count). The molecule has 1 heterocycles. The largest absolute Gasteiger partial charge is 0.398 e. The van der Waals surface area contributed by atoms with Crippen LogP contribution in [0.15, 0.2) is 22.7 Å². The molecule has 18 heavy (non-hydrogen) atoms. The van der Waals surface area contributed by atoms with Crippen molar-refractivity contribution in [2.24, 2.45) is 0 Å². The molecule has 0 aliphatic heterocycles. The van der Waals surface area contributed by atoms with Crippen LogP contribution in [-0.2, 0) is 11.2 Å². The maximum Gasteiger partial charge on any atom is 0.260 e. The Hall–Kier alpha value is -1.15. The first-order chi connectivity index (χ1) is 8.60. The van der Waals surface area contributed by atoms with Crippen molar-refractivity contribution in [2.45, 2.75) is 19.4 Å².